The molecular weight excluding hydrogens is 318 g/mol. The van der Waals surface area contributed by atoms with Crippen LogP contribution in [0.15, 0.2) is 12.1 Å². The van der Waals surface area contributed by atoms with Crippen LogP contribution in [0.5, 0.6) is 0 Å². The Bertz CT molecular complexity index is 758. The van der Waals surface area contributed by atoms with Crippen LogP contribution in [0, 0.1) is 0 Å². The first kappa shape index (κ1) is 15.7. The van der Waals surface area contributed by atoms with E-state index in [4.69, 9.17) is 9.84 Å². The Kier molecular flexibility index (Phi) is 3.76. The zero-order valence-corrected chi connectivity index (χ0v) is 14.5. The van der Waals surface area contributed by atoms with Gasteiger partial charge in [0, 0.05) is 31.4 Å². The van der Waals surface area contributed by atoms with Crippen LogP contribution in [0.3, 0.4) is 0 Å². The number of rotatable bonds is 4. The summed E-state index contributed by atoms with van der Waals surface area (Å²) in [7, 11) is 0. The van der Waals surface area contributed by atoms with Crippen molar-refractivity contribution in [2.45, 2.75) is 49.5 Å². The average Bonchev–Trinajstić information content (AvgIpc) is 3.26. The molecule has 0 spiro atoms. The molecule has 2 aromatic rings. The molecule has 3 aliphatic rings. The number of aromatic nitrogens is 4. The van der Waals surface area contributed by atoms with Gasteiger partial charge in [0.25, 0.3) is 0 Å². The Labute approximate surface area is 147 Å². The van der Waals surface area contributed by atoms with Gasteiger partial charge in [0.1, 0.15) is 5.60 Å². The predicted molar refractivity (Wildman–Crippen MR) is 91.6 cm³/mol. The molecule has 5 rings (SSSR count). The third-order valence-corrected chi connectivity index (χ3v) is 5.86. The first-order valence-corrected chi connectivity index (χ1v) is 9.45. The summed E-state index contributed by atoms with van der Waals surface area (Å²) in [5.41, 5.74) is 1.36. The third kappa shape index (κ3) is 3.05. The number of likely N-dealkylation sites (tertiary alicyclic amines) is 1. The SMILES string of the molecule is OC1(CN2CCC(c3nnc4ccc(C5CC5)nn34)CC2)CCOC1. The van der Waals surface area contributed by atoms with E-state index in [0.29, 0.717) is 31.6 Å². The summed E-state index contributed by atoms with van der Waals surface area (Å²) in [6, 6.07) is 4.14. The van der Waals surface area contributed by atoms with Gasteiger partial charge in [-0.25, -0.2) is 0 Å². The number of piperidine rings is 1. The van der Waals surface area contributed by atoms with Crippen LogP contribution in [-0.2, 0) is 4.74 Å². The number of hydrogen-bond acceptors (Lipinski definition) is 6. The molecule has 0 radical (unpaired) electrons. The fourth-order valence-corrected chi connectivity index (χ4v) is 4.16. The zero-order chi connectivity index (χ0) is 16.9. The van der Waals surface area contributed by atoms with Crippen LogP contribution < -0.4 is 0 Å². The molecule has 1 saturated carbocycles. The molecule has 2 saturated heterocycles. The number of aliphatic hydroxyl groups is 1. The summed E-state index contributed by atoms with van der Waals surface area (Å²) in [6.07, 6.45) is 5.32. The van der Waals surface area contributed by atoms with Crippen LogP contribution in [0.2, 0.25) is 0 Å². The van der Waals surface area contributed by atoms with Gasteiger partial charge in [-0.3, -0.25) is 0 Å². The van der Waals surface area contributed by atoms with Crippen molar-refractivity contribution in [3.8, 4) is 0 Å². The molecule has 1 atom stereocenters. The third-order valence-electron chi connectivity index (χ3n) is 5.86. The second-order valence-electron chi connectivity index (χ2n) is 7.94. The molecule has 0 aromatic carbocycles. The second-order valence-corrected chi connectivity index (χ2v) is 7.94. The molecule has 134 valence electrons. The summed E-state index contributed by atoms with van der Waals surface area (Å²) in [5.74, 6) is 2.03. The minimum atomic E-state index is -0.658. The van der Waals surface area contributed by atoms with Gasteiger partial charge in [0.2, 0.25) is 0 Å². The van der Waals surface area contributed by atoms with Crippen molar-refractivity contribution in [2.75, 3.05) is 32.8 Å². The van der Waals surface area contributed by atoms with Crippen LogP contribution >= 0.6 is 0 Å². The van der Waals surface area contributed by atoms with Crippen molar-refractivity contribution in [2.24, 2.45) is 0 Å². The summed E-state index contributed by atoms with van der Waals surface area (Å²) in [6.45, 7) is 3.81. The summed E-state index contributed by atoms with van der Waals surface area (Å²) < 4.78 is 7.32. The fraction of sp³-hybridized carbons (Fsp3) is 0.722. The normalized spacial score (nSPS) is 28.8. The highest BCUT2D eigenvalue weighted by molar-refractivity contribution is 5.38. The van der Waals surface area contributed by atoms with Crippen molar-refractivity contribution in [1.82, 2.24) is 24.7 Å². The molecular formula is C18H25N5O2. The van der Waals surface area contributed by atoms with Crippen molar-refractivity contribution >= 4 is 5.65 Å². The molecule has 2 aliphatic heterocycles. The van der Waals surface area contributed by atoms with Crippen LogP contribution in [0.25, 0.3) is 5.65 Å². The molecule has 3 fully saturated rings. The van der Waals surface area contributed by atoms with E-state index in [1.807, 2.05) is 10.6 Å². The van der Waals surface area contributed by atoms with Crippen LogP contribution in [0.1, 0.15) is 55.5 Å². The Morgan fingerprint density at radius 3 is 2.68 bits per heavy atom. The minimum Gasteiger partial charge on any atom is -0.386 e. The molecule has 1 N–H and O–H groups in total. The molecule has 25 heavy (non-hydrogen) atoms. The van der Waals surface area contributed by atoms with E-state index >= 15 is 0 Å². The highest BCUT2D eigenvalue weighted by atomic mass is 16.5. The van der Waals surface area contributed by atoms with E-state index in [1.54, 1.807) is 0 Å². The van der Waals surface area contributed by atoms with Gasteiger partial charge < -0.3 is 14.7 Å². The summed E-state index contributed by atoms with van der Waals surface area (Å²) in [5, 5.41) is 24.1. The molecule has 0 bridgehead atoms. The van der Waals surface area contributed by atoms with Crippen molar-refractivity contribution in [3.63, 3.8) is 0 Å². The van der Waals surface area contributed by atoms with Crippen LogP contribution in [0.4, 0.5) is 0 Å². The zero-order valence-electron chi connectivity index (χ0n) is 14.5. The van der Waals surface area contributed by atoms with Gasteiger partial charge in [-0.15, -0.1) is 10.2 Å². The molecule has 1 unspecified atom stereocenters. The maximum atomic E-state index is 10.5. The lowest BCUT2D eigenvalue weighted by molar-refractivity contribution is -0.00987. The Balaban J connectivity index is 1.29. The van der Waals surface area contributed by atoms with Gasteiger partial charge in [0.15, 0.2) is 11.5 Å². The highest BCUT2D eigenvalue weighted by Gasteiger charge is 2.36. The predicted octanol–water partition coefficient (Wildman–Crippen LogP) is 1.33. The number of fused-ring (bicyclic) bond motifs is 1. The summed E-state index contributed by atoms with van der Waals surface area (Å²) >= 11 is 0. The van der Waals surface area contributed by atoms with Gasteiger partial charge in [0.05, 0.1) is 12.3 Å². The lowest BCUT2D eigenvalue weighted by Gasteiger charge is -2.35. The maximum Gasteiger partial charge on any atom is 0.177 e. The van der Waals surface area contributed by atoms with Gasteiger partial charge in [-0.1, -0.05) is 0 Å². The maximum absolute atomic E-state index is 10.5. The Hall–Kier alpha value is -1.57. The van der Waals surface area contributed by atoms with Crippen molar-refractivity contribution in [1.29, 1.82) is 0 Å². The number of β-amino-alcohol motifs (C(OH)–C–C–N with tert-alkyl or cyclic N) is 1. The largest absolute Gasteiger partial charge is 0.386 e. The van der Waals surface area contributed by atoms with E-state index in [-0.39, 0.29) is 0 Å². The molecule has 2 aromatic heterocycles. The minimum absolute atomic E-state index is 0.391. The van der Waals surface area contributed by atoms with E-state index in [1.165, 1.54) is 18.5 Å². The highest BCUT2D eigenvalue weighted by Crippen LogP contribution is 2.39. The molecule has 7 heteroatoms. The quantitative estimate of drug-likeness (QED) is 0.903. The van der Waals surface area contributed by atoms with Gasteiger partial charge >= 0.3 is 0 Å². The lowest BCUT2D eigenvalue weighted by Crippen LogP contribution is -2.46. The van der Waals surface area contributed by atoms with Crippen LogP contribution in [-0.4, -0.2) is 68.3 Å². The van der Waals surface area contributed by atoms with E-state index in [0.717, 1.165) is 43.8 Å². The van der Waals surface area contributed by atoms with Gasteiger partial charge in [-0.2, -0.15) is 9.61 Å². The van der Waals surface area contributed by atoms with Crippen molar-refractivity contribution in [3.05, 3.63) is 23.7 Å². The standard InChI is InChI=1S/C18H25N5O2/c24-18(7-10-25-12-18)11-22-8-5-14(6-9-22)17-20-19-16-4-3-15(13-1-2-13)21-23(16)17/h3-4,13-14,24H,1-2,5-12H2. The first-order valence-electron chi connectivity index (χ1n) is 9.45. The number of hydrogen-bond donors (Lipinski definition) is 1. The Morgan fingerprint density at radius 1 is 1.12 bits per heavy atom. The van der Waals surface area contributed by atoms with E-state index in [9.17, 15) is 5.11 Å². The monoisotopic (exact) mass is 343 g/mol. The average molecular weight is 343 g/mol. The molecule has 0 amide bonds. The topological polar surface area (TPSA) is 75.8 Å². The molecule has 1 aliphatic carbocycles. The molecule has 7 nitrogen and oxygen atoms in total. The Morgan fingerprint density at radius 2 is 1.96 bits per heavy atom. The van der Waals surface area contributed by atoms with Crippen molar-refractivity contribution < 1.29 is 9.84 Å². The second kappa shape index (κ2) is 6.00. The number of ether oxygens (including phenoxy) is 1. The fourth-order valence-electron chi connectivity index (χ4n) is 4.16. The summed E-state index contributed by atoms with van der Waals surface area (Å²) in [4.78, 5) is 2.36. The smallest absolute Gasteiger partial charge is 0.177 e. The van der Waals surface area contributed by atoms with E-state index < -0.39 is 5.60 Å². The lowest BCUT2D eigenvalue weighted by atomic mass is 9.94. The first-order chi connectivity index (χ1) is 12.2. The number of nitrogens with zero attached hydrogens (tertiary/aromatic N) is 5. The van der Waals surface area contributed by atoms with Gasteiger partial charge in [-0.05, 0) is 50.9 Å². The molecule has 4 heterocycles. The van der Waals surface area contributed by atoms with E-state index in [2.05, 4.69) is 21.2 Å².